The van der Waals surface area contributed by atoms with Crippen molar-refractivity contribution < 1.29 is 4.79 Å². The van der Waals surface area contributed by atoms with E-state index in [1.54, 1.807) is 0 Å². The van der Waals surface area contributed by atoms with E-state index >= 15 is 0 Å². The van der Waals surface area contributed by atoms with Gasteiger partial charge in [0.05, 0.1) is 0 Å². The molecule has 2 unspecified atom stereocenters. The third kappa shape index (κ3) is 9.01. The molecule has 1 amide bonds. The molecule has 0 fully saturated rings. The maximum Gasteiger partial charge on any atom is 0.314 e. The zero-order chi connectivity index (χ0) is 11.7. The second-order valence-electron chi connectivity index (χ2n) is 4.00. The summed E-state index contributed by atoms with van der Waals surface area (Å²) >= 11 is 11.1. The van der Waals surface area contributed by atoms with E-state index in [0.717, 1.165) is 6.42 Å². The number of hydrogen-bond donors (Lipinski definition) is 1. The van der Waals surface area contributed by atoms with Gasteiger partial charge in [-0.1, -0.05) is 57.6 Å². The molecule has 0 saturated carbocycles. The highest BCUT2D eigenvalue weighted by molar-refractivity contribution is 6.63. The Morgan fingerprint density at radius 1 is 1.27 bits per heavy atom. The molecule has 0 aliphatic heterocycles. The summed E-state index contributed by atoms with van der Waals surface area (Å²) in [5.74, 6) is 0.274. The molecule has 0 aromatic heterocycles. The molecule has 0 aromatic rings. The van der Waals surface area contributed by atoms with Crippen molar-refractivity contribution in [3.63, 3.8) is 0 Å². The summed E-state index contributed by atoms with van der Waals surface area (Å²) in [5, 5.41) is 1.91. The number of amides is 1. The molecule has 0 aliphatic carbocycles. The summed E-state index contributed by atoms with van der Waals surface area (Å²) < 4.78 is 0. The van der Waals surface area contributed by atoms with Crippen LogP contribution in [0.25, 0.3) is 0 Å². The van der Waals surface area contributed by atoms with Crippen LogP contribution in [-0.2, 0) is 0 Å². The molecule has 15 heavy (non-hydrogen) atoms. The molecule has 2 atom stereocenters. The van der Waals surface area contributed by atoms with Crippen molar-refractivity contribution in [1.82, 2.24) is 5.32 Å². The van der Waals surface area contributed by atoms with Gasteiger partial charge in [0.15, 0.2) is 0 Å². The molecule has 0 spiro atoms. The van der Waals surface area contributed by atoms with E-state index in [2.05, 4.69) is 12.2 Å². The Kier molecular flexibility index (Phi) is 9.32. The predicted molar refractivity (Wildman–Crippen MR) is 66.6 cm³/mol. The fourth-order valence-corrected chi connectivity index (χ4v) is 1.87. The Bertz CT molecular complexity index is 176. The van der Waals surface area contributed by atoms with Crippen LogP contribution in [0.2, 0.25) is 0 Å². The van der Waals surface area contributed by atoms with Crippen molar-refractivity contribution in [2.45, 2.75) is 57.9 Å². The van der Waals surface area contributed by atoms with Crippen LogP contribution >= 0.6 is 23.2 Å². The zero-order valence-electron chi connectivity index (χ0n) is 9.56. The Morgan fingerprint density at radius 3 is 2.40 bits per heavy atom. The average Bonchev–Trinajstić information content (AvgIpc) is 2.16. The van der Waals surface area contributed by atoms with Crippen molar-refractivity contribution in [3.05, 3.63) is 0 Å². The van der Waals surface area contributed by atoms with Crippen molar-refractivity contribution in [2.24, 2.45) is 5.92 Å². The summed E-state index contributed by atoms with van der Waals surface area (Å²) in [7, 11) is 0. The lowest BCUT2D eigenvalue weighted by atomic mass is 10.0. The normalized spacial score (nSPS) is 14.7. The molecular formula is C11H21Cl2NO. The second kappa shape index (κ2) is 9.29. The molecule has 2 nitrogen and oxygen atoms in total. The number of rotatable bonds is 8. The van der Waals surface area contributed by atoms with Gasteiger partial charge in [-0.2, -0.15) is 0 Å². The van der Waals surface area contributed by atoms with E-state index < -0.39 is 5.37 Å². The van der Waals surface area contributed by atoms with Gasteiger partial charge in [0.1, 0.15) is 5.50 Å². The maximum atomic E-state index is 10.5. The topological polar surface area (TPSA) is 29.1 Å². The van der Waals surface area contributed by atoms with Crippen molar-refractivity contribution in [1.29, 1.82) is 0 Å². The lowest BCUT2D eigenvalue weighted by Crippen LogP contribution is -2.31. The molecule has 0 radical (unpaired) electrons. The highest BCUT2D eigenvalue weighted by Gasteiger charge is 2.15. The minimum absolute atomic E-state index is 0.274. The summed E-state index contributed by atoms with van der Waals surface area (Å²) in [6.45, 7) is 4.23. The molecule has 90 valence electrons. The highest BCUT2D eigenvalue weighted by atomic mass is 35.5. The Morgan fingerprint density at radius 2 is 1.87 bits per heavy atom. The molecule has 0 bridgehead atoms. The van der Waals surface area contributed by atoms with Crippen molar-refractivity contribution in [3.8, 4) is 0 Å². The lowest BCUT2D eigenvalue weighted by Gasteiger charge is -2.17. The van der Waals surface area contributed by atoms with E-state index in [0.29, 0.717) is 0 Å². The van der Waals surface area contributed by atoms with Gasteiger partial charge in [-0.3, -0.25) is 4.79 Å². The first-order valence-electron chi connectivity index (χ1n) is 5.68. The fourth-order valence-electron chi connectivity index (χ4n) is 1.47. The van der Waals surface area contributed by atoms with Crippen LogP contribution in [0.4, 0.5) is 4.79 Å². The highest BCUT2D eigenvalue weighted by Crippen LogP contribution is 2.17. The molecule has 1 N–H and O–H groups in total. The van der Waals surface area contributed by atoms with Gasteiger partial charge in [-0.05, 0) is 23.9 Å². The largest absolute Gasteiger partial charge is 0.326 e. The van der Waals surface area contributed by atoms with Gasteiger partial charge in [0, 0.05) is 0 Å². The molecule has 0 saturated heterocycles. The van der Waals surface area contributed by atoms with E-state index in [9.17, 15) is 4.79 Å². The minimum Gasteiger partial charge on any atom is -0.326 e. The van der Waals surface area contributed by atoms with Crippen LogP contribution in [0.5, 0.6) is 0 Å². The molecule has 0 aliphatic rings. The van der Waals surface area contributed by atoms with Gasteiger partial charge in [-0.15, -0.1) is 0 Å². The van der Waals surface area contributed by atoms with E-state index in [1.807, 2.05) is 6.92 Å². The molecule has 4 heteroatoms. The molecule has 0 heterocycles. The first kappa shape index (κ1) is 15.0. The van der Waals surface area contributed by atoms with Gasteiger partial charge >= 0.3 is 5.37 Å². The average molecular weight is 254 g/mol. The summed E-state index contributed by atoms with van der Waals surface area (Å²) in [6.07, 6.45) is 7.30. The van der Waals surface area contributed by atoms with Crippen molar-refractivity contribution >= 4 is 28.6 Å². The van der Waals surface area contributed by atoms with Crippen LogP contribution in [-0.4, -0.2) is 10.9 Å². The van der Waals surface area contributed by atoms with Crippen molar-refractivity contribution in [2.75, 3.05) is 0 Å². The molecule has 0 aromatic carbocycles. The first-order valence-corrected chi connectivity index (χ1v) is 6.49. The smallest absolute Gasteiger partial charge is 0.314 e. The van der Waals surface area contributed by atoms with Crippen LogP contribution in [0, 0.1) is 5.92 Å². The summed E-state index contributed by atoms with van der Waals surface area (Å²) in [4.78, 5) is 10.5. The Balaban J connectivity index is 3.46. The summed E-state index contributed by atoms with van der Waals surface area (Å²) in [6, 6.07) is 0. The third-order valence-electron chi connectivity index (χ3n) is 2.51. The van der Waals surface area contributed by atoms with Gasteiger partial charge < -0.3 is 5.32 Å². The number of halogens is 2. The van der Waals surface area contributed by atoms with Crippen LogP contribution in [0.15, 0.2) is 0 Å². The zero-order valence-corrected chi connectivity index (χ0v) is 11.1. The van der Waals surface area contributed by atoms with Gasteiger partial charge in [-0.25, -0.2) is 0 Å². The standard InChI is InChI=1S/C11H21Cl2NO/c1-3-4-5-6-7-8-9(2)10(12)14-11(13)15/h9-10H,3-8H2,1-2H3,(H,14,15). The maximum absolute atomic E-state index is 10.5. The van der Waals surface area contributed by atoms with E-state index in [1.165, 1.54) is 32.1 Å². The first-order chi connectivity index (χ1) is 7.07. The van der Waals surface area contributed by atoms with Crippen LogP contribution < -0.4 is 5.32 Å². The SMILES string of the molecule is CCCCCCCC(C)C(Cl)NC(=O)Cl. The Hall–Kier alpha value is 0.0500. The predicted octanol–water partition coefficient (Wildman–Crippen LogP) is 4.50. The van der Waals surface area contributed by atoms with Gasteiger partial charge in [0.2, 0.25) is 0 Å². The number of hydrogen-bond acceptors (Lipinski definition) is 1. The fraction of sp³-hybridized carbons (Fsp3) is 0.909. The van der Waals surface area contributed by atoms with Gasteiger partial charge in [0.25, 0.3) is 0 Å². The minimum atomic E-state index is -0.576. The molecule has 0 rings (SSSR count). The van der Waals surface area contributed by atoms with Crippen LogP contribution in [0.1, 0.15) is 52.4 Å². The number of carbonyl (C=O) groups excluding carboxylic acids is 1. The third-order valence-corrected chi connectivity index (χ3v) is 3.16. The number of nitrogens with one attached hydrogen (secondary N) is 1. The number of unbranched alkanes of at least 4 members (excludes halogenated alkanes) is 4. The van der Waals surface area contributed by atoms with E-state index in [4.69, 9.17) is 23.2 Å². The lowest BCUT2D eigenvalue weighted by molar-refractivity contribution is 0.256. The monoisotopic (exact) mass is 253 g/mol. The molecular weight excluding hydrogens is 233 g/mol. The summed E-state index contributed by atoms with van der Waals surface area (Å²) in [5.41, 5.74) is -0.346. The second-order valence-corrected chi connectivity index (χ2v) is 4.81. The number of carbonyl (C=O) groups is 1. The quantitative estimate of drug-likeness (QED) is 0.294. The van der Waals surface area contributed by atoms with E-state index in [-0.39, 0.29) is 11.4 Å². The van der Waals surface area contributed by atoms with Crippen LogP contribution in [0.3, 0.4) is 0 Å². The Labute approximate surface area is 103 Å². The number of alkyl halides is 1.